The topological polar surface area (TPSA) is 47.6 Å². The van der Waals surface area contributed by atoms with Crippen LogP contribution in [0.25, 0.3) is 0 Å². The first-order valence-corrected chi connectivity index (χ1v) is 6.73. The molecule has 4 nitrogen and oxygen atoms in total. The molecule has 0 aliphatic rings. The van der Waals surface area contributed by atoms with Gasteiger partial charge in [0.1, 0.15) is 17.1 Å². The van der Waals surface area contributed by atoms with Crippen LogP contribution in [-0.4, -0.2) is 31.8 Å². The number of hydrogen-bond donors (Lipinski definition) is 1. The van der Waals surface area contributed by atoms with Gasteiger partial charge in [0.05, 0.1) is 13.7 Å². The minimum atomic E-state index is -0.699. The molecule has 1 rings (SSSR count). The number of rotatable bonds is 8. The molecule has 1 atom stereocenters. The quantitative estimate of drug-likeness (QED) is 0.588. The highest BCUT2D eigenvalue weighted by Crippen LogP contribution is 2.16. The maximum atomic E-state index is 12.7. The van der Waals surface area contributed by atoms with Gasteiger partial charge in [-0.25, -0.2) is 4.39 Å². The Bertz CT molecular complexity index is 422. The number of methoxy groups -OCH3 is 1. The van der Waals surface area contributed by atoms with Crippen LogP contribution in [0.4, 0.5) is 4.39 Å². The van der Waals surface area contributed by atoms with Crippen molar-refractivity contribution in [3.8, 4) is 5.75 Å². The van der Waals surface area contributed by atoms with E-state index in [1.54, 1.807) is 12.1 Å². The minimum Gasteiger partial charge on any atom is -0.494 e. The van der Waals surface area contributed by atoms with Crippen LogP contribution >= 0.6 is 0 Å². The molecule has 1 unspecified atom stereocenters. The monoisotopic (exact) mass is 283 g/mol. The zero-order valence-corrected chi connectivity index (χ0v) is 12.2. The molecule has 1 N–H and O–H groups in total. The van der Waals surface area contributed by atoms with Crippen LogP contribution in [0, 0.1) is 5.82 Å². The standard InChI is InChI=1S/C15H22FNO3/c1-4-17-15(2,14(18)19-3)10-5-11-20-13-8-6-12(16)7-9-13/h6-9,17H,4-5,10-11H2,1-3H3. The highest BCUT2D eigenvalue weighted by molar-refractivity contribution is 5.80. The van der Waals surface area contributed by atoms with E-state index in [4.69, 9.17) is 9.47 Å². The molecule has 20 heavy (non-hydrogen) atoms. The molecule has 0 aliphatic carbocycles. The summed E-state index contributed by atoms with van der Waals surface area (Å²) in [5.74, 6) is 0.0542. The SMILES string of the molecule is CCNC(C)(CCCOc1ccc(F)cc1)C(=O)OC. The first kappa shape index (κ1) is 16.4. The van der Waals surface area contributed by atoms with Crippen molar-refractivity contribution in [3.63, 3.8) is 0 Å². The molecule has 0 fully saturated rings. The Morgan fingerprint density at radius 3 is 2.55 bits per heavy atom. The third-order valence-corrected chi connectivity index (χ3v) is 3.11. The van der Waals surface area contributed by atoms with E-state index in [0.29, 0.717) is 31.7 Å². The Kier molecular flexibility index (Phi) is 6.45. The zero-order valence-electron chi connectivity index (χ0n) is 12.2. The Labute approximate surface area is 119 Å². The highest BCUT2D eigenvalue weighted by atomic mass is 19.1. The summed E-state index contributed by atoms with van der Waals surface area (Å²) in [6.45, 7) is 4.91. The van der Waals surface area contributed by atoms with E-state index in [1.807, 2.05) is 13.8 Å². The van der Waals surface area contributed by atoms with Crippen molar-refractivity contribution in [1.29, 1.82) is 0 Å². The van der Waals surface area contributed by atoms with Gasteiger partial charge in [-0.3, -0.25) is 4.79 Å². The van der Waals surface area contributed by atoms with Gasteiger partial charge < -0.3 is 14.8 Å². The van der Waals surface area contributed by atoms with Gasteiger partial charge >= 0.3 is 5.97 Å². The second-order valence-electron chi connectivity index (χ2n) is 4.76. The van der Waals surface area contributed by atoms with Crippen LogP contribution in [0.2, 0.25) is 0 Å². The smallest absolute Gasteiger partial charge is 0.325 e. The molecule has 0 amide bonds. The molecule has 0 saturated carbocycles. The van der Waals surface area contributed by atoms with Crippen molar-refractivity contribution in [1.82, 2.24) is 5.32 Å². The number of esters is 1. The van der Waals surface area contributed by atoms with E-state index in [9.17, 15) is 9.18 Å². The van der Waals surface area contributed by atoms with Crippen molar-refractivity contribution in [2.24, 2.45) is 0 Å². The number of nitrogens with one attached hydrogen (secondary N) is 1. The molecular formula is C15H22FNO3. The largest absolute Gasteiger partial charge is 0.494 e. The lowest BCUT2D eigenvalue weighted by Crippen LogP contribution is -2.50. The number of likely N-dealkylation sites (N-methyl/N-ethyl adjacent to an activating group) is 1. The molecule has 0 radical (unpaired) electrons. The molecule has 1 aromatic rings. The van der Waals surface area contributed by atoms with Gasteiger partial charge in [-0.1, -0.05) is 6.92 Å². The average Bonchev–Trinajstić information content (AvgIpc) is 2.45. The van der Waals surface area contributed by atoms with Crippen molar-refractivity contribution in [3.05, 3.63) is 30.1 Å². The number of carbonyl (C=O) groups is 1. The van der Waals surface area contributed by atoms with Gasteiger partial charge in [0.2, 0.25) is 0 Å². The number of halogens is 1. The first-order valence-electron chi connectivity index (χ1n) is 6.73. The van der Waals surface area contributed by atoms with Crippen LogP contribution in [0.15, 0.2) is 24.3 Å². The van der Waals surface area contributed by atoms with E-state index < -0.39 is 5.54 Å². The van der Waals surface area contributed by atoms with Crippen LogP contribution in [0.5, 0.6) is 5.75 Å². The fourth-order valence-electron chi connectivity index (χ4n) is 2.02. The number of benzene rings is 1. The lowest BCUT2D eigenvalue weighted by Gasteiger charge is -2.27. The van der Waals surface area contributed by atoms with Crippen molar-refractivity contribution in [2.45, 2.75) is 32.2 Å². The molecule has 0 spiro atoms. The maximum Gasteiger partial charge on any atom is 0.325 e. The summed E-state index contributed by atoms with van der Waals surface area (Å²) in [5.41, 5.74) is -0.699. The molecule has 1 aromatic carbocycles. The Morgan fingerprint density at radius 2 is 2.00 bits per heavy atom. The van der Waals surface area contributed by atoms with Gasteiger partial charge in [-0.15, -0.1) is 0 Å². The summed E-state index contributed by atoms with van der Waals surface area (Å²) in [6.07, 6.45) is 1.30. The predicted octanol–water partition coefficient (Wildman–Crippen LogP) is 2.53. The maximum absolute atomic E-state index is 12.7. The first-order chi connectivity index (χ1) is 9.51. The molecular weight excluding hydrogens is 261 g/mol. The summed E-state index contributed by atoms with van der Waals surface area (Å²) in [5, 5.41) is 3.14. The normalized spacial score (nSPS) is 13.6. The molecule has 0 bridgehead atoms. The van der Waals surface area contributed by atoms with Crippen LogP contribution in [0.1, 0.15) is 26.7 Å². The number of carbonyl (C=O) groups excluding carboxylic acids is 1. The fourth-order valence-corrected chi connectivity index (χ4v) is 2.02. The number of ether oxygens (including phenoxy) is 2. The van der Waals surface area contributed by atoms with Crippen LogP contribution < -0.4 is 10.1 Å². The zero-order chi connectivity index (χ0) is 15.0. The Balaban J connectivity index is 2.41. The minimum absolute atomic E-state index is 0.277. The van der Waals surface area contributed by atoms with Gasteiger partial charge in [0.25, 0.3) is 0 Å². The van der Waals surface area contributed by atoms with Crippen molar-refractivity contribution in [2.75, 3.05) is 20.3 Å². The highest BCUT2D eigenvalue weighted by Gasteiger charge is 2.32. The molecule has 0 aliphatic heterocycles. The Morgan fingerprint density at radius 1 is 1.35 bits per heavy atom. The van der Waals surface area contributed by atoms with E-state index in [-0.39, 0.29) is 11.8 Å². The molecule has 0 saturated heterocycles. The summed E-state index contributed by atoms with van der Waals surface area (Å²) >= 11 is 0. The van der Waals surface area contributed by atoms with Crippen LogP contribution in [-0.2, 0) is 9.53 Å². The molecule has 0 heterocycles. The third kappa shape index (κ3) is 4.81. The van der Waals surface area contributed by atoms with E-state index in [0.717, 1.165) is 0 Å². The second kappa shape index (κ2) is 7.85. The van der Waals surface area contributed by atoms with Gasteiger partial charge in [0, 0.05) is 0 Å². The van der Waals surface area contributed by atoms with Crippen LogP contribution in [0.3, 0.4) is 0 Å². The van der Waals surface area contributed by atoms with Gasteiger partial charge in [0.15, 0.2) is 0 Å². The lowest BCUT2D eigenvalue weighted by atomic mass is 9.96. The lowest BCUT2D eigenvalue weighted by molar-refractivity contribution is -0.148. The van der Waals surface area contributed by atoms with E-state index >= 15 is 0 Å². The van der Waals surface area contributed by atoms with Crippen molar-refractivity contribution < 1.29 is 18.7 Å². The van der Waals surface area contributed by atoms with E-state index in [1.165, 1.54) is 19.2 Å². The number of hydrogen-bond acceptors (Lipinski definition) is 4. The van der Waals surface area contributed by atoms with Gasteiger partial charge in [-0.2, -0.15) is 0 Å². The summed E-state index contributed by atoms with van der Waals surface area (Å²) in [7, 11) is 1.38. The predicted molar refractivity (Wildman–Crippen MR) is 75.2 cm³/mol. The third-order valence-electron chi connectivity index (χ3n) is 3.11. The van der Waals surface area contributed by atoms with Gasteiger partial charge in [-0.05, 0) is 50.6 Å². The molecule has 112 valence electrons. The van der Waals surface area contributed by atoms with E-state index in [2.05, 4.69) is 5.32 Å². The average molecular weight is 283 g/mol. The fraction of sp³-hybridized carbons (Fsp3) is 0.533. The summed E-state index contributed by atoms with van der Waals surface area (Å²) in [6, 6.07) is 5.87. The molecule has 5 heteroatoms. The second-order valence-corrected chi connectivity index (χ2v) is 4.76. The summed E-state index contributed by atoms with van der Waals surface area (Å²) < 4.78 is 23.0. The Hall–Kier alpha value is -1.62. The summed E-state index contributed by atoms with van der Waals surface area (Å²) in [4.78, 5) is 11.8. The van der Waals surface area contributed by atoms with Crippen molar-refractivity contribution >= 4 is 5.97 Å². The molecule has 0 aromatic heterocycles.